The predicted molar refractivity (Wildman–Crippen MR) is 83.1 cm³/mol. The van der Waals surface area contributed by atoms with E-state index < -0.39 is 5.97 Å². The lowest BCUT2D eigenvalue weighted by Gasteiger charge is -2.27. The minimum atomic E-state index is -0.501. The monoisotopic (exact) mass is 312 g/mol. The van der Waals surface area contributed by atoms with Crippen molar-refractivity contribution in [3.05, 3.63) is 53.6 Å². The molecule has 1 atom stereocenters. The Balaban J connectivity index is 2.03. The summed E-state index contributed by atoms with van der Waals surface area (Å²) in [5, 5.41) is 0. The average Bonchev–Trinajstić information content (AvgIpc) is 2.54. The van der Waals surface area contributed by atoms with Crippen LogP contribution in [0.2, 0.25) is 0 Å². The van der Waals surface area contributed by atoms with Crippen LogP contribution in [0.1, 0.15) is 35.4 Å². The number of fused-ring (bicyclic) bond motifs is 1. The van der Waals surface area contributed by atoms with Gasteiger partial charge < -0.3 is 14.2 Å². The Kier molecular flexibility index (Phi) is 4.02. The van der Waals surface area contributed by atoms with Gasteiger partial charge in [0.25, 0.3) is 0 Å². The number of rotatable bonds is 3. The van der Waals surface area contributed by atoms with Gasteiger partial charge in [-0.2, -0.15) is 0 Å². The van der Waals surface area contributed by atoms with Crippen molar-refractivity contribution in [2.24, 2.45) is 0 Å². The molecule has 0 aromatic heterocycles. The normalized spacial score (nSPS) is 16.3. The Morgan fingerprint density at radius 1 is 1.22 bits per heavy atom. The predicted octanol–water partition coefficient (Wildman–Crippen LogP) is 3.33. The fourth-order valence-electron chi connectivity index (χ4n) is 2.61. The standard InChI is InChI=1S/C18H16O5/c1-11(19)22-16-8-13(21-2)9-17-18(16)14(20)10-15(23-17)12-6-4-3-5-7-12/h3-9,15H,10H2,1-2H3/t15-/m0/s1. The highest BCUT2D eigenvalue weighted by molar-refractivity contribution is 6.03. The molecule has 2 aromatic carbocycles. The summed E-state index contributed by atoms with van der Waals surface area (Å²) in [4.78, 5) is 23.8. The highest BCUT2D eigenvalue weighted by atomic mass is 16.5. The third kappa shape index (κ3) is 3.04. The molecule has 0 N–H and O–H groups in total. The second kappa shape index (κ2) is 6.12. The zero-order chi connectivity index (χ0) is 16.4. The quantitative estimate of drug-likeness (QED) is 0.642. The van der Waals surface area contributed by atoms with Crippen LogP contribution < -0.4 is 14.2 Å². The molecule has 0 spiro atoms. The number of benzene rings is 2. The number of hydrogen-bond donors (Lipinski definition) is 0. The summed E-state index contributed by atoms with van der Waals surface area (Å²) in [5.74, 6) is 0.369. The van der Waals surface area contributed by atoms with Gasteiger partial charge in [0, 0.05) is 19.1 Å². The maximum atomic E-state index is 12.6. The third-order valence-electron chi connectivity index (χ3n) is 3.62. The molecule has 1 aliphatic rings. The number of ketones is 1. The van der Waals surface area contributed by atoms with Crippen molar-refractivity contribution in [2.75, 3.05) is 7.11 Å². The van der Waals surface area contributed by atoms with E-state index in [1.165, 1.54) is 20.1 Å². The van der Waals surface area contributed by atoms with Crippen LogP contribution in [0.25, 0.3) is 0 Å². The SMILES string of the molecule is COc1cc(OC(C)=O)c2c(c1)O[C@H](c1ccccc1)CC2=O. The molecule has 0 amide bonds. The van der Waals surface area contributed by atoms with Crippen molar-refractivity contribution in [1.29, 1.82) is 0 Å². The topological polar surface area (TPSA) is 61.8 Å². The molecule has 0 aliphatic carbocycles. The van der Waals surface area contributed by atoms with E-state index in [9.17, 15) is 9.59 Å². The Labute approximate surface area is 133 Å². The molecule has 1 heterocycles. The van der Waals surface area contributed by atoms with E-state index in [0.717, 1.165) is 5.56 Å². The van der Waals surface area contributed by atoms with E-state index in [1.54, 1.807) is 6.07 Å². The first kappa shape index (κ1) is 15.1. The summed E-state index contributed by atoms with van der Waals surface area (Å²) in [5.41, 5.74) is 1.21. The van der Waals surface area contributed by atoms with Gasteiger partial charge in [-0.15, -0.1) is 0 Å². The van der Waals surface area contributed by atoms with Crippen molar-refractivity contribution in [3.63, 3.8) is 0 Å². The molecular formula is C18H16O5. The van der Waals surface area contributed by atoms with Crippen LogP contribution in [0.4, 0.5) is 0 Å². The Bertz CT molecular complexity index is 752. The van der Waals surface area contributed by atoms with Crippen molar-refractivity contribution in [2.45, 2.75) is 19.4 Å². The van der Waals surface area contributed by atoms with E-state index in [1.807, 2.05) is 30.3 Å². The average molecular weight is 312 g/mol. The third-order valence-corrected chi connectivity index (χ3v) is 3.62. The van der Waals surface area contributed by atoms with E-state index >= 15 is 0 Å². The van der Waals surface area contributed by atoms with E-state index in [2.05, 4.69) is 0 Å². The second-order valence-electron chi connectivity index (χ2n) is 5.24. The summed E-state index contributed by atoms with van der Waals surface area (Å²) in [6.07, 6.45) is -0.175. The number of Topliss-reactive ketones (excluding diaryl/α,β-unsaturated/α-hetero) is 1. The number of carbonyl (C=O) groups is 2. The molecule has 0 bridgehead atoms. The fraction of sp³-hybridized carbons (Fsp3) is 0.222. The molecule has 1 aliphatic heterocycles. The van der Waals surface area contributed by atoms with Crippen LogP contribution in [0, 0.1) is 0 Å². The molecule has 3 rings (SSSR count). The smallest absolute Gasteiger partial charge is 0.308 e. The maximum Gasteiger partial charge on any atom is 0.308 e. The number of methoxy groups -OCH3 is 1. The lowest BCUT2D eigenvalue weighted by atomic mass is 9.95. The van der Waals surface area contributed by atoms with Crippen LogP contribution in [0.5, 0.6) is 17.2 Å². The largest absolute Gasteiger partial charge is 0.496 e. The van der Waals surface area contributed by atoms with Gasteiger partial charge in [0.1, 0.15) is 28.9 Å². The first-order chi connectivity index (χ1) is 11.1. The van der Waals surface area contributed by atoms with Crippen molar-refractivity contribution < 1.29 is 23.8 Å². The van der Waals surface area contributed by atoms with Gasteiger partial charge in [-0.25, -0.2) is 0 Å². The number of carbonyl (C=O) groups excluding carboxylic acids is 2. The van der Waals surface area contributed by atoms with Gasteiger partial charge in [0.15, 0.2) is 5.78 Å². The molecule has 0 radical (unpaired) electrons. The lowest BCUT2D eigenvalue weighted by molar-refractivity contribution is -0.131. The molecule has 0 unspecified atom stereocenters. The van der Waals surface area contributed by atoms with Gasteiger partial charge in [0.2, 0.25) is 0 Å². The lowest BCUT2D eigenvalue weighted by Crippen LogP contribution is -2.21. The van der Waals surface area contributed by atoms with Crippen molar-refractivity contribution in [1.82, 2.24) is 0 Å². The molecule has 118 valence electrons. The minimum Gasteiger partial charge on any atom is -0.496 e. The van der Waals surface area contributed by atoms with E-state index in [4.69, 9.17) is 14.2 Å². The maximum absolute atomic E-state index is 12.6. The van der Waals surface area contributed by atoms with E-state index in [-0.39, 0.29) is 29.6 Å². The Morgan fingerprint density at radius 3 is 2.61 bits per heavy atom. The summed E-state index contributed by atoms with van der Waals surface area (Å²) in [7, 11) is 1.50. The molecule has 5 nitrogen and oxygen atoms in total. The Morgan fingerprint density at radius 2 is 1.96 bits per heavy atom. The molecule has 5 heteroatoms. The second-order valence-corrected chi connectivity index (χ2v) is 5.24. The van der Waals surface area contributed by atoms with Crippen LogP contribution in [0.3, 0.4) is 0 Å². The zero-order valence-corrected chi connectivity index (χ0v) is 12.9. The molecule has 2 aromatic rings. The van der Waals surface area contributed by atoms with Crippen molar-refractivity contribution in [3.8, 4) is 17.2 Å². The molecule has 0 saturated heterocycles. The minimum absolute atomic E-state index is 0.126. The van der Waals surface area contributed by atoms with Crippen LogP contribution in [0.15, 0.2) is 42.5 Å². The molecule has 0 fully saturated rings. The van der Waals surface area contributed by atoms with Crippen LogP contribution in [-0.4, -0.2) is 18.9 Å². The summed E-state index contributed by atoms with van der Waals surface area (Å²) in [6, 6.07) is 12.7. The first-order valence-electron chi connectivity index (χ1n) is 7.23. The molecule has 23 heavy (non-hydrogen) atoms. The summed E-state index contributed by atoms with van der Waals surface area (Å²) < 4.78 is 16.3. The number of esters is 1. The molecular weight excluding hydrogens is 296 g/mol. The van der Waals surface area contributed by atoms with E-state index in [0.29, 0.717) is 11.5 Å². The fourth-order valence-corrected chi connectivity index (χ4v) is 2.61. The summed E-state index contributed by atoms with van der Waals surface area (Å²) >= 11 is 0. The Hall–Kier alpha value is -2.82. The van der Waals surface area contributed by atoms with Crippen LogP contribution >= 0.6 is 0 Å². The van der Waals surface area contributed by atoms with Gasteiger partial charge >= 0.3 is 5.97 Å². The highest BCUT2D eigenvalue weighted by Gasteiger charge is 2.31. The number of ether oxygens (including phenoxy) is 3. The first-order valence-corrected chi connectivity index (χ1v) is 7.23. The van der Waals surface area contributed by atoms with Crippen molar-refractivity contribution >= 4 is 11.8 Å². The summed E-state index contributed by atoms with van der Waals surface area (Å²) in [6.45, 7) is 1.28. The zero-order valence-electron chi connectivity index (χ0n) is 12.9. The molecule has 0 saturated carbocycles. The van der Waals surface area contributed by atoms with Gasteiger partial charge in [-0.3, -0.25) is 9.59 Å². The highest BCUT2D eigenvalue weighted by Crippen LogP contribution is 2.42. The number of hydrogen-bond acceptors (Lipinski definition) is 5. The van der Waals surface area contributed by atoms with Gasteiger partial charge in [-0.1, -0.05) is 30.3 Å². The van der Waals surface area contributed by atoms with Crippen LogP contribution in [-0.2, 0) is 4.79 Å². The van der Waals surface area contributed by atoms with Gasteiger partial charge in [0.05, 0.1) is 13.5 Å². The van der Waals surface area contributed by atoms with Gasteiger partial charge in [-0.05, 0) is 5.56 Å².